The van der Waals surface area contributed by atoms with Crippen molar-refractivity contribution < 1.29 is 18.7 Å². The monoisotopic (exact) mass is 528 g/mol. The van der Waals surface area contributed by atoms with E-state index in [9.17, 15) is 5.11 Å². The standard InChI is InChI=1S/C30H48O4Si2/c1-28(2,3)35(8,9)34-24(22-30(7)27(23-31)33-30)20-21-32-36(29(4,5)6,25-16-12-10-13-17-25)26-18-14-11-15-19-26/h10-19,24,27,31H,20-23H2,1-9H3/t24-,27-,30-/m1/s1. The van der Waals surface area contributed by atoms with Crippen molar-refractivity contribution in [2.75, 3.05) is 13.2 Å². The van der Waals surface area contributed by atoms with Crippen LogP contribution in [0.3, 0.4) is 0 Å². The van der Waals surface area contributed by atoms with Gasteiger partial charge in [0, 0.05) is 13.0 Å². The van der Waals surface area contributed by atoms with Crippen LogP contribution in [0.5, 0.6) is 0 Å². The Balaban J connectivity index is 1.90. The molecule has 0 spiro atoms. The minimum atomic E-state index is -2.59. The summed E-state index contributed by atoms with van der Waals surface area (Å²) in [7, 11) is -4.59. The van der Waals surface area contributed by atoms with Gasteiger partial charge in [-0.2, -0.15) is 0 Å². The largest absolute Gasteiger partial charge is 0.414 e. The Morgan fingerprint density at radius 1 is 0.889 bits per heavy atom. The zero-order valence-electron chi connectivity index (χ0n) is 23.9. The van der Waals surface area contributed by atoms with Gasteiger partial charge < -0.3 is 18.7 Å². The van der Waals surface area contributed by atoms with Gasteiger partial charge in [-0.15, -0.1) is 0 Å². The molecule has 0 saturated carbocycles. The first kappa shape index (κ1) is 29.3. The fourth-order valence-corrected chi connectivity index (χ4v) is 11.0. The molecule has 0 bridgehead atoms. The summed E-state index contributed by atoms with van der Waals surface area (Å²) in [5, 5.41) is 12.3. The van der Waals surface area contributed by atoms with E-state index < -0.39 is 16.6 Å². The molecule has 1 aliphatic rings. The fourth-order valence-electron chi connectivity index (χ4n) is 5.05. The van der Waals surface area contributed by atoms with Gasteiger partial charge in [-0.05, 0) is 46.9 Å². The number of hydrogen-bond donors (Lipinski definition) is 1. The number of ether oxygens (including phenoxy) is 1. The van der Waals surface area contributed by atoms with E-state index in [1.54, 1.807) is 0 Å². The lowest BCUT2D eigenvalue weighted by molar-refractivity contribution is 0.110. The Morgan fingerprint density at radius 2 is 1.39 bits per heavy atom. The summed E-state index contributed by atoms with van der Waals surface area (Å²) in [4.78, 5) is 0. The van der Waals surface area contributed by atoms with Crippen molar-refractivity contribution in [3.05, 3.63) is 60.7 Å². The van der Waals surface area contributed by atoms with E-state index in [0.29, 0.717) is 6.61 Å². The van der Waals surface area contributed by atoms with Crippen LogP contribution >= 0.6 is 0 Å². The summed E-state index contributed by atoms with van der Waals surface area (Å²) in [6.07, 6.45) is 1.49. The second-order valence-electron chi connectivity index (χ2n) is 13.1. The molecule has 1 aliphatic heterocycles. The van der Waals surface area contributed by atoms with E-state index in [-0.39, 0.29) is 34.5 Å². The Bertz CT molecular complexity index is 926. The van der Waals surface area contributed by atoms with Crippen LogP contribution in [0.2, 0.25) is 23.2 Å². The summed E-state index contributed by atoms with van der Waals surface area (Å²) >= 11 is 0. The normalized spacial score (nSPS) is 21.9. The number of aliphatic hydroxyl groups is 1. The first-order valence-electron chi connectivity index (χ1n) is 13.4. The average molecular weight is 529 g/mol. The molecule has 0 radical (unpaired) electrons. The Labute approximate surface area is 221 Å². The molecule has 1 saturated heterocycles. The third-order valence-electron chi connectivity index (χ3n) is 8.28. The first-order valence-corrected chi connectivity index (χ1v) is 18.2. The van der Waals surface area contributed by atoms with E-state index in [1.165, 1.54) is 10.4 Å². The molecule has 2 aromatic rings. The Kier molecular flexibility index (Phi) is 8.81. The summed E-state index contributed by atoms with van der Waals surface area (Å²) in [5.74, 6) is 0. The molecule has 200 valence electrons. The summed E-state index contributed by atoms with van der Waals surface area (Å²) in [6, 6.07) is 21.6. The second kappa shape index (κ2) is 10.8. The van der Waals surface area contributed by atoms with Gasteiger partial charge in [0.1, 0.15) is 6.10 Å². The van der Waals surface area contributed by atoms with Crippen molar-refractivity contribution in [3.63, 3.8) is 0 Å². The van der Waals surface area contributed by atoms with Gasteiger partial charge in [-0.25, -0.2) is 0 Å². The van der Waals surface area contributed by atoms with Gasteiger partial charge >= 0.3 is 0 Å². The summed E-state index contributed by atoms with van der Waals surface area (Å²) in [6.45, 7) is 21.2. The van der Waals surface area contributed by atoms with Crippen molar-refractivity contribution in [1.82, 2.24) is 0 Å². The van der Waals surface area contributed by atoms with E-state index in [0.717, 1.165) is 12.8 Å². The molecule has 6 heteroatoms. The van der Waals surface area contributed by atoms with Crippen LogP contribution in [-0.4, -0.2) is 52.8 Å². The van der Waals surface area contributed by atoms with E-state index in [1.807, 2.05) is 0 Å². The zero-order chi connectivity index (χ0) is 26.8. The molecular formula is C30H48O4Si2. The summed E-state index contributed by atoms with van der Waals surface area (Å²) in [5.41, 5.74) is -0.320. The summed E-state index contributed by atoms with van der Waals surface area (Å²) < 4.78 is 20.0. The van der Waals surface area contributed by atoms with Crippen molar-refractivity contribution in [3.8, 4) is 0 Å². The highest BCUT2D eigenvalue weighted by molar-refractivity contribution is 6.99. The molecule has 0 aromatic heterocycles. The minimum Gasteiger partial charge on any atom is -0.414 e. The maximum Gasteiger partial charge on any atom is 0.261 e. The highest BCUT2D eigenvalue weighted by Gasteiger charge is 2.54. The third-order valence-corrected chi connectivity index (χ3v) is 17.9. The SMILES string of the molecule is CC(C)(C)[Si](C)(C)O[C@H](CCO[Si](c1ccccc1)(c1ccccc1)C(C)(C)C)C[C@@]1(C)O[C@@H]1CO. The zero-order valence-corrected chi connectivity index (χ0v) is 25.9. The molecule has 0 amide bonds. The molecular weight excluding hydrogens is 480 g/mol. The molecule has 3 atom stereocenters. The fraction of sp³-hybridized carbons (Fsp3) is 0.600. The van der Waals surface area contributed by atoms with Crippen LogP contribution in [0, 0.1) is 0 Å². The van der Waals surface area contributed by atoms with Gasteiger partial charge in [0.25, 0.3) is 8.32 Å². The van der Waals surface area contributed by atoms with Crippen LogP contribution in [0.15, 0.2) is 60.7 Å². The second-order valence-corrected chi connectivity index (χ2v) is 22.2. The highest BCUT2D eigenvalue weighted by Crippen LogP contribution is 2.44. The molecule has 1 heterocycles. The van der Waals surface area contributed by atoms with E-state index in [4.69, 9.17) is 13.6 Å². The van der Waals surface area contributed by atoms with Crippen molar-refractivity contribution in [1.29, 1.82) is 0 Å². The van der Waals surface area contributed by atoms with E-state index in [2.05, 4.69) is 122 Å². The van der Waals surface area contributed by atoms with Gasteiger partial charge in [0.05, 0.1) is 18.3 Å². The van der Waals surface area contributed by atoms with Gasteiger partial charge in [0.15, 0.2) is 8.32 Å². The Morgan fingerprint density at radius 3 is 1.78 bits per heavy atom. The number of hydrogen-bond acceptors (Lipinski definition) is 4. The number of epoxide rings is 1. The third kappa shape index (κ3) is 6.22. The van der Waals surface area contributed by atoms with Crippen LogP contribution < -0.4 is 10.4 Å². The molecule has 0 aliphatic carbocycles. The molecule has 4 nitrogen and oxygen atoms in total. The quantitative estimate of drug-likeness (QED) is 0.292. The van der Waals surface area contributed by atoms with Gasteiger partial charge in [-0.3, -0.25) is 0 Å². The number of aliphatic hydroxyl groups excluding tert-OH is 1. The smallest absolute Gasteiger partial charge is 0.261 e. The van der Waals surface area contributed by atoms with Crippen LogP contribution in [0.4, 0.5) is 0 Å². The van der Waals surface area contributed by atoms with Crippen LogP contribution in [0.1, 0.15) is 61.3 Å². The molecule has 2 aromatic carbocycles. The molecule has 1 N–H and O–H groups in total. The predicted molar refractivity (Wildman–Crippen MR) is 155 cm³/mol. The lowest BCUT2D eigenvalue weighted by atomic mass is 9.98. The van der Waals surface area contributed by atoms with Crippen LogP contribution in [0.25, 0.3) is 0 Å². The first-order chi connectivity index (χ1) is 16.7. The Hall–Kier alpha value is -1.29. The van der Waals surface area contributed by atoms with E-state index >= 15 is 0 Å². The highest BCUT2D eigenvalue weighted by atomic mass is 28.4. The average Bonchev–Trinajstić information content (AvgIpc) is 3.45. The maximum atomic E-state index is 9.66. The van der Waals surface area contributed by atoms with Crippen molar-refractivity contribution in [2.45, 2.75) is 102 Å². The van der Waals surface area contributed by atoms with Crippen molar-refractivity contribution >= 4 is 27.0 Å². The number of benzene rings is 2. The van der Waals surface area contributed by atoms with Crippen LogP contribution in [-0.2, 0) is 13.6 Å². The predicted octanol–water partition coefficient (Wildman–Crippen LogP) is 5.88. The lowest BCUT2D eigenvalue weighted by Gasteiger charge is -2.44. The molecule has 3 rings (SSSR count). The van der Waals surface area contributed by atoms with Gasteiger partial charge in [-0.1, -0.05) is 102 Å². The number of rotatable bonds is 11. The molecule has 0 unspecified atom stereocenters. The van der Waals surface area contributed by atoms with Gasteiger partial charge in [0.2, 0.25) is 0 Å². The lowest BCUT2D eigenvalue weighted by Crippen LogP contribution is -2.66. The maximum absolute atomic E-state index is 9.66. The van der Waals surface area contributed by atoms with Crippen molar-refractivity contribution in [2.24, 2.45) is 0 Å². The molecule has 1 fully saturated rings. The topological polar surface area (TPSA) is 51.2 Å². The minimum absolute atomic E-state index is 0.0191. The molecule has 36 heavy (non-hydrogen) atoms.